The Morgan fingerprint density at radius 2 is 1.97 bits per heavy atom. The van der Waals surface area contributed by atoms with Gasteiger partial charge in [0.15, 0.2) is 0 Å². The molecular formula is C21H22ClN3O4S. The van der Waals surface area contributed by atoms with Crippen LogP contribution in [0.3, 0.4) is 0 Å². The van der Waals surface area contributed by atoms with Crippen molar-refractivity contribution in [3.05, 3.63) is 53.1 Å². The zero-order valence-corrected chi connectivity index (χ0v) is 17.9. The van der Waals surface area contributed by atoms with Crippen molar-refractivity contribution in [1.82, 2.24) is 4.31 Å². The molecule has 0 aromatic heterocycles. The van der Waals surface area contributed by atoms with Crippen LogP contribution < -0.4 is 10.1 Å². The summed E-state index contributed by atoms with van der Waals surface area (Å²) in [6.07, 6.45) is 2.68. The summed E-state index contributed by atoms with van der Waals surface area (Å²) in [5.74, 6) is 0.0438. The topological polar surface area (TPSA) is 99.5 Å². The van der Waals surface area contributed by atoms with Gasteiger partial charge in [0.05, 0.1) is 28.2 Å². The van der Waals surface area contributed by atoms with Crippen molar-refractivity contribution in [2.75, 3.05) is 25.0 Å². The summed E-state index contributed by atoms with van der Waals surface area (Å²) in [4.78, 5) is 12.8. The Balaban J connectivity index is 1.75. The standard InChI is InChI=1S/C21H22ClN3O4S/c22-20-9-8-18(30(27,28)25-11-2-3-12-25)15-19(20)21(26)24-16-6-5-7-17(14-16)29-13-4-1-10-23/h5-9,14-15H,1-4,11-13H2,(H,24,26). The lowest BCUT2D eigenvalue weighted by molar-refractivity contribution is 0.102. The Hall–Kier alpha value is -2.60. The van der Waals surface area contributed by atoms with Crippen LogP contribution in [-0.4, -0.2) is 38.3 Å². The van der Waals surface area contributed by atoms with E-state index in [0.29, 0.717) is 44.0 Å². The van der Waals surface area contributed by atoms with E-state index in [0.717, 1.165) is 12.8 Å². The predicted molar refractivity (Wildman–Crippen MR) is 114 cm³/mol. The van der Waals surface area contributed by atoms with Gasteiger partial charge in [-0.2, -0.15) is 9.57 Å². The molecule has 158 valence electrons. The Kier molecular flexibility index (Phi) is 7.32. The first-order valence-electron chi connectivity index (χ1n) is 9.62. The van der Waals surface area contributed by atoms with Gasteiger partial charge in [-0.3, -0.25) is 4.79 Å². The second-order valence-electron chi connectivity index (χ2n) is 6.84. The quantitative estimate of drug-likeness (QED) is 0.615. The number of ether oxygens (including phenoxy) is 1. The minimum absolute atomic E-state index is 0.0496. The smallest absolute Gasteiger partial charge is 0.257 e. The molecule has 0 unspecified atom stereocenters. The van der Waals surface area contributed by atoms with Crippen LogP contribution >= 0.6 is 11.6 Å². The summed E-state index contributed by atoms with van der Waals surface area (Å²) in [6, 6.07) is 13.0. The highest BCUT2D eigenvalue weighted by atomic mass is 35.5. The third kappa shape index (κ3) is 5.30. The Bertz CT molecular complexity index is 1060. The van der Waals surface area contributed by atoms with Crippen molar-refractivity contribution in [2.24, 2.45) is 0 Å². The first-order chi connectivity index (χ1) is 14.4. The van der Waals surface area contributed by atoms with E-state index in [1.54, 1.807) is 24.3 Å². The number of hydrogen-bond acceptors (Lipinski definition) is 5. The van der Waals surface area contributed by atoms with Gasteiger partial charge < -0.3 is 10.1 Å². The maximum Gasteiger partial charge on any atom is 0.257 e. The van der Waals surface area contributed by atoms with E-state index in [1.165, 1.54) is 22.5 Å². The van der Waals surface area contributed by atoms with E-state index in [4.69, 9.17) is 21.6 Å². The average Bonchev–Trinajstić information content (AvgIpc) is 3.27. The third-order valence-electron chi connectivity index (χ3n) is 4.68. The highest BCUT2D eigenvalue weighted by Crippen LogP contribution is 2.26. The highest BCUT2D eigenvalue weighted by Gasteiger charge is 2.28. The lowest BCUT2D eigenvalue weighted by Gasteiger charge is -2.16. The minimum Gasteiger partial charge on any atom is -0.493 e. The molecule has 9 heteroatoms. The fourth-order valence-electron chi connectivity index (χ4n) is 3.12. The van der Waals surface area contributed by atoms with E-state index < -0.39 is 15.9 Å². The van der Waals surface area contributed by atoms with Crippen molar-refractivity contribution >= 4 is 33.2 Å². The Labute approximate surface area is 181 Å². The third-order valence-corrected chi connectivity index (χ3v) is 6.90. The predicted octanol–water partition coefficient (Wildman–Crippen LogP) is 4.06. The molecule has 0 aliphatic carbocycles. The number of amides is 1. The van der Waals surface area contributed by atoms with Crippen molar-refractivity contribution in [3.63, 3.8) is 0 Å². The van der Waals surface area contributed by atoms with Gasteiger partial charge in [0, 0.05) is 31.3 Å². The van der Waals surface area contributed by atoms with Gasteiger partial charge in [0.25, 0.3) is 5.91 Å². The number of benzene rings is 2. The van der Waals surface area contributed by atoms with Gasteiger partial charge in [-0.05, 0) is 49.6 Å². The van der Waals surface area contributed by atoms with E-state index in [1.807, 2.05) is 0 Å². The molecule has 1 aliphatic rings. The second-order valence-corrected chi connectivity index (χ2v) is 9.19. The SMILES string of the molecule is N#CCCCOc1cccc(NC(=O)c2cc(S(=O)(=O)N3CCCC3)ccc2Cl)c1. The van der Waals surface area contributed by atoms with Crippen molar-refractivity contribution in [3.8, 4) is 11.8 Å². The second kappa shape index (κ2) is 9.94. The number of carbonyl (C=O) groups excluding carboxylic acids is 1. The Morgan fingerprint density at radius 3 is 2.70 bits per heavy atom. The number of unbranched alkanes of at least 4 members (excludes halogenated alkanes) is 1. The summed E-state index contributed by atoms with van der Waals surface area (Å²) in [6.45, 7) is 1.36. The van der Waals surface area contributed by atoms with Gasteiger partial charge in [-0.25, -0.2) is 8.42 Å². The molecule has 30 heavy (non-hydrogen) atoms. The van der Waals surface area contributed by atoms with Gasteiger partial charge >= 0.3 is 0 Å². The molecule has 1 heterocycles. The molecule has 2 aromatic rings. The lowest BCUT2D eigenvalue weighted by Crippen LogP contribution is -2.28. The fraction of sp³-hybridized carbons (Fsp3) is 0.333. The Morgan fingerprint density at radius 1 is 1.20 bits per heavy atom. The van der Waals surface area contributed by atoms with Crippen LogP contribution in [0.5, 0.6) is 5.75 Å². The fourth-order valence-corrected chi connectivity index (χ4v) is 4.87. The van der Waals surface area contributed by atoms with E-state index in [2.05, 4.69) is 11.4 Å². The average molecular weight is 448 g/mol. The largest absolute Gasteiger partial charge is 0.493 e. The van der Waals surface area contributed by atoms with E-state index >= 15 is 0 Å². The normalized spacial score (nSPS) is 14.3. The molecule has 1 amide bonds. The summed E-state index contributed by atoms with van der Waals surface area (Å²) < 4.78 is 32.6. The van der Waals surface area contributed by atoms with Crippen LogP contribution in [0.15, 0.2) is 47.4 Å². The number of carbonyl (C=O) groups is 1. The number of hydrogen-bond donors (Lipinski definition) is 1. The summed E-state index contributed by atoms with van der Waals surface area (Å²) >= 11 is 6.18. The zero-order chi connectivity index (χ0) is 21.6. The van der Waals surface area contributed by atoms with Crippen LogP contribution in [0.1, 0.15) is 36.0 Å². The molecule has 1 fully saturated rings. The highest BCUT2D eigenvalue weighted by molar-refractivity contribution is 7.89. The molecule has 0 spiro atoms. The van der Waals surface area contributed by atoms with Crippen molar-refractivity contribution in [1.29, 1.82) is 5.26 Å². The molecular weight excluding hydrogens is 426 g/mol. The number of rotatable bonds is 8. The van der Waals surface area contributed by atoms with Gasteiger partial charge in [-0.1, -0.05) is 17.7 Å². The van der Waals surface area contributed by atoms with Crippen LogP contribution in [0.4, 0.5) is 5.69 Å². The van der Waals surface area contributed by atoms with Gasteiger partial charge in [-0.15, -0.1) is 0 Å². The summed E-state index contributed by atoms with van der Waals surface area (Å²) in [7, 11) is -3.65. The molecule has 0 radical (unpaired) electrons. The maximum absolute atomic E-state index is 12.8. The number of nitrogens with zero attached hydrogens (tertiary/aromatic N) is 2. The number of sulfonamides is 1. The molecule has 7 nitrogen and oxygen atoms in total. The molecule has 1 saturated heterocycles. The molecule has 0 atom stereocenters. The molecule has 1 aliphatic heterocycles. The lowest BCUT2D eigenvalue weighted by atomic mass is 10.2. The molecule has 2 aromatic carbocycles. The van der Waals surface area contributed by atoms with Crippen LogP contribution in [0, 0.1) is 11.3 Å². The number of nitrogens with one attached hydrogen (secondary N) is 1. The van der Waals surface area contributed by atoms with Crippen LogP contribution in [0.2, 0.25) is 5.02 Å². The van der Waals surface area contributed by atoms with Crippen molar-refractivity contribution in [2.45, 2.75) is 30.6 Å². The number of nitriles is 1. The molecule has 0 saturated carbocycles. The van der Waals surface area contributed by atoms with Crippen molar-refractivity contribution < 1.29 is 17.9 Å². The summed E-state index contributed by atoms with van der Waals surface area (Å²) in [5, 5.41) is 11.5. The zero-order valence-electron chi connectivity index (χ0n) is 16.3. The molecule has 1 N–H and O–H groups in total. The molecule has 3 rings (SSSR count). The van der Waals surface area contributed by atoms with Crippen LogP contribution in [0.25, 0.3) is 0 Å². The summed E-state index contributed by atoms with van der Waals surface area (Å²) in [5.41, 5.74) is 0.568. The minimum atomic E-state index is -3.65. The monoisotopic (exact) mass is 447 g/mol. The maximum atomic E-state index is 12.8. The van der Waals surface area contributed by atoms with Gasteiger partial charge in [0.1, 0.15) is 5.75 Å². The van der Waals surface area contributed by atoms with Gasteiger partial charge in [0.2, 0.25) is 10.0 Å². The van der Waals surface area contributed by atoms with E-state index in [-0.39, 0.29) is 15.5 Å². The first-order valence-corrected chi connectivity index (χ1v) is 11.4. The molecule has 0 bridgehead atoms. The number of anilines is 1. The first kappa shape index (κ1) is 22.1. The van der Waals surface area contributed by atoms with Crippen LogP contribution in [-0.2, 0) is 10.0 Å². The number of halogens is 1. The van der Waals surface area contributed by atoms with E-state index in [9.17, 15) is 13.2 Å².